The minimum atomic E-state index is -0.879. The fourth-order valence-corrected chi connectivity index (χ4v) is 0.807. The van der Waals surface area contributed by atoms with Crippen molar-refractivity contribution in [3.05, 3.63) is 0 Å². The largest absolute Gasteiger partial charge is 0.463 e. The van der Waals surface area contributed by atoms with Crippen LogP contribution in [0.25, 0.3) is 0 Å². The maximum atomic E-state index is 11.1. The van der Waals surface area contributed by atoms with Crippen LogP contribution < -0.4 is 0 Å². The zero-order valence-corrected chi connectivity index (χ0v) is 6.66. The molecule has 0 saturated heterocycles. The molecule has 0 radical (unpaired) electrons. The molecule has 0 aliphatic carbocycles. The summed E-state index contributed by atoms with van der Waals surface area (Å²) in [6, 6.07) is 0. The maximum Gasteiger partial charge on any atom is 0.353 e. The number of carbonyl (C=O) groups is 1. The highest BCUT2D eigenvalue weighted by Crippen LogP contribution is 2.21. The minimum Gasteiger partial charge on any atom is -0.463 e. The second-order valence-corrected chi connectivity index (χ2v) is 2.53. The van der Waals surface area contributed by atoms with Crippen LogP contribution in [0, 0.1) is 0 Å². The number of rotatable bonds is 2. The molecular formula is C7H11NO3. The Kier molecular flexibility index (Phi) is 2.12. The number of esters is 1. The molecule has 1 unspecified atom stereocenters. The first-order valence-corrected chi connectivity index (χ1v) is 3.56. The van der Waals surface area contributed by atoms with E-state index in [4.69, 9.17) is 9.57 Å². The number of ether oxygens (including phenoxy) is 1. The molecule has 1 atom stereocenters. The Hall–Kier alpha value is -1.06. The van der Waals surface area contributed by atoms with E-state index in [9.17, 15) is 4.79 Å². The van der Waals surface area contributed by atoms with Gasteiger partial charge < -0.3 is 9.57 Å². The summed E-state index contributed by atoms with van der Waals surface area (Å²) in [4.78, 5) is 16.0. The summed E-state index contributed by atoms with van der Waals surface area (Å²) >= 11 is 0. The molecule has 0 aromatic rings. The van der Waals surface area contributed by atoms with Gasteiger partial charge in [0.05, 0.1) is 6.61 Å². The maximum absolute atomic E-state index is 11.1. The van der Waals surface area contributed by atoms with Gasteiger partial charge in [0, 0.05) is 12.6 Å². The van der Waals surface area contributed by atoms with Gasteiger partial charge in [0.1, 0.15) is 0 Å². The molecule has 4 heteroatoms. The number of oxime groups is 1. The van der Waals surface area contributed by atoms with Gasteiger partial charge in [-0.3, -0.25) is 0 Å². The summed E-state index contributed by atoms with van der Waals surface area (Å²) in [5.74, 6) is -0.350. The van der Waals surface area contributed by atoms with Crippen molar-refractivity contribution < 1.29 is 14.4 Å². The second kappa shape index (κ2) is 2.90. The van der Waals surface area contributed by atoms with E-state index in [-0.39, 0.29) is 5.97 Å². The van der Waals surface area contributed by atoms with Crippen LogP contribution in [0.15, 0.2) is 5.16 Å². The second-order valence-electron chi connectivity index (χ2n) is 2.53. The first-order chi connectivity index (χ1) is 5.19. The van der Waals surface area contributed by atoms with Gasteiger partial charge in [0.25, 0.3) is 0 Å². The predicted molar refractivity (Wildman–Crippen MR) is 39.2 cm³/mol. The molecule has 0 fully saturated rings. The summed E-state index contributed by atoms with van der Waals surface area (Å²) in [5, 5.41) is 3.51. The summed E-state index contributed by atoms with van der Waals surface area (Å²) < 4.78 is 4.78. The quantitative estimate of drug-likeness (QED) is 0.555. The van der Waals surface area contributed by atoms with Crippen LogP contribution in [-0.2, 0) is 14.4 Å². The third-order valence-electron chi connectivity index (χ3n) is 1.52. The number of nitrogens with zero attached hydrogens (tertiary/aromatic N) is 1. The molecule has 1 aliphatic heterocycles. The number of hydrogen-bond acceptors (Lipinski definition) is 4. The Balaban J connectivity index is 2.51. The lowest BCUT2D eigenvalue weighted by Gasteiger charge is -2.17. The Morgan fingerprint density at radius 1 is 1.91 bits per heavy atom. The smallest absolute Gasteiger partial charge is 0.353 e. The average molecular weight is 157 g/mol. The Morgan fingerprint density at radius 3 is 3.09 bits per heavy atom. The molecule has 0 aromatic carbocycles. The summed E-state index contributed by atoms with van der Waals surface area (Å²) in [6.45, 7) is 3.80. The van der Waals surface area contributed by atoms with Gasteiger partial charge in [-0.1, -0.05) is 5.16 Å². The molecule has 0 bridgehead atoms. The molecule has 1 aliphatic rings. The van der Waals surface area contributed by atoms with E-state index in [1.54, 1.807) is 20.1 Å². The zero-order valence-electron chi connectivity index (χ0n) is 6.66. The normalized spacial score (nSPS) is 28.2. The highest BCUT2D eigenvalue weighted by molar-refractivity contribution is 5.84. The van der Waals surface area contributed by atoms with E-state index in [1.807, 2.05) is 0 Å². The van der Waals surface area contributed by atoms with Crippen molar-refractivity contribution in [1.82, 2.24) is 0 Å². The van der Waals surface area contributed by atoms with Gasteiger partial charge in [-0.15, -0.1) is 0 Å². The first-order valence-electron chi connectivity index (χ1n) is 3.56. The van der Waals surface area contributed by atoms with Crippen LogP contribution in [-0.4, -0.2) is 24.4 Å². The van der Waals surface area contributed by atoms with Gasteiger partial charge >= 0.3 is 5.97 Å². The monoisotopic (exact) mass is 157 g/mol. The van der Waals surface area contributed by atoms with Gasteiger partial charge in [-0.2, -0.15) is 0 Å². The Bertz CT molecular complexity index is 180. The predicted octanol–water partition coefficient (Wildman–Crippen LogP) is 0.714. The van der Waals surface area contributed by atoms with Crippen molar-refractivity contribution >= 4 is 12.2 Å². The van der Waals surface area contributed by atoms with Crippen molar-refractivity contribution in [2.75, 3.05) is 6.61 Å². The third-order valence-corrected chi connectivity index (χ3v) is 1.52. The van der Waals surface area contributed by atoms with Crippen molar-refractivity contribution in [1.29, 1.82) is 0 Å². The molecule has 0 saturated carbocycles. The number of hydrogen-bond donors (Lipinski definition) is 0. The molecule has 11 heavy (non-hydrogen) atoms. The molecule has 0 amide bonds. The fraction of sp³-hybridized carbons (Fsp3) is 0.714. The molecule has 1 rings (SSSR count). The summed E-state index contributed by atoms with van der Waals surface area (Å²) in [7, 11) is 0. The standard InChI is InChI=1S/C7H11NO3/c1-3-10-6(9)7(2)4-5-8-11-7/h5H,3-4H2,1-2H3. The molecule has 62 valence electrons. The lowest BCUT2D eigenvalue weighted by Crippen LogP contribution is -2.36. The Labute approximate surface area is 65.2 Å². The van der Waals surface area contributed by atoms with Crippen LogP contribution >= 0.6 is 0 Å². The lowest BCUT2D eigenvalue weighted by atomic mass is 10.1. The van der Waals surface area contributed by atoms with Gasteiger partial charge in [0.15, 0.2) is 0 Å². The van der Waals surface area contributed by atoms with Gasteiger partial charge in [0.2, 0.25) is 5.60 Å². The topological polar surface area (TPSA) is 47.9 Å². The van der Waals surface area contributed by atoms with E-state index in [0.717, 1.165) is 0 Å². The molecule has 0 N–H and O–H groups in total. The van der Waals surface area contributed by atoms with Gasteiger partial charge in [-0.05, 0) is 13.8 Å². The van der Waals surface area contributed by atoms with Crippen LogP contribution in [0.2, 0.25) is 0 Å². The van der Waals surface area contributed by atoms with Gasteiger partial charge in [-0.25, -0.2) is 4.79 Å². The van der Waals surface area contributed by atoms with E-state index >= 15 is 0 Å². The minimum absolute atomic E-state index is 0.350. The molecular weight excluding hydrogens is 146 g/mol. The summed E-state index contributed by atoms with van der Waals surface area (Å²) in [5.41, 5.74) is -0.879. The zero-order chi connectivity index (χ0) is 8.32. The van der Waals surface area contributed by atoms with E-state index in [1.165, 1.54) is 0 Å². The first kappa shape index (κ1) is 8.04. The van der Waals surface area contributed by atoms with Crippen LogP contribution in [0.1, 0.15) is 20.3 Å². The van der Waals surface area contributed by atoms with Crippen LogP contribution in [0.4, 0.5) is 0 Å². The highest BCUT2D eigenvalue weighted by Gasteiger charge is 2.39. The SMILES string of the molecule is CCOC(=O)C1(C)CC=NO1. The van der Waals surface area contributed by atoms with Crippen molar-refractivity contribution in [2.24, 2.45) is 5.16 Å². The van der Waals surface area contributed by atoms with E-state index in [2.05, 4.69) is 5.16 Å². The molecule has 1 heterocycles. The van der Waals surface area contributed by atoms with Crippen LogP contribution in [0.5, 0.6) is 0 Å². The molecule has 4 nitrogen and oxygen atoms in total. The third kappa shape index (κ3) is 1.50. The van der Waals surface area contributed by atoms with Crippen molar-refractivity contribution in [3.63, 3.8) is 0 Å². The summed E-state index contributed by atoms with van der Waals surface area (Å²) in [6.07, 6.45) is 2.06. The average Bonchev–Trinajstić information content (AvgIpc) is 2.38. The van der Waals surface area contributed by atoms with Crippen LogP contribution in [0.3, 0.4) is 0 Å². The van der Waals surface area contributed by atoms with E-state index < -0.39 is 5.60 Å². The van der Waals surface area contributed by atoms with Crippen molar-refractivity contribution in [3.8, 4) is 0 Å². The Morgan fingerprint density at radius 2 is 2.64 bits per heavy atom. The molecule has 0 spiro atoms. The fourth-order valence-electron chi connectivity index (χ4n) is 0.807. The molecule has 0 aromatic heterocycles. The highest BCUT2D eigenvalue weighted by atomic mass is 16.7. The van der Waals surface area contributed by atoms with Crippen molar-refractivity contribution in [2.45, 2.75) is 25.9 Å². The van der Waals surface area contributed by atoms with E-state index in [0.29, 0.717) is 13.0 Å². The number of carbonyl (C=O) groups excluding carboxylic acids is 1. The lowest BCUT2D eigenvalue weighted by molar-refractivity contribution is -0.166.